The molecule has 2 aromatic carbocycles. The average Bonchev–Trinajstić information content (AvgIpc) is 2.56. The van der Waals surface area contributed by atoms with Gasteiger partial charge in [0.05, 0.1) is 5.56 Å². The average molecular weight is 275 g/mol. The molecule has 3 heteroatoms. The fraction of sp³-hybridized carbons (Fsp3) is 0. The SMILES string of the molecule is O=C(O)c1ccc(-c2ccc(-c3cccnc3)cc2)cc1. The van der Waals surface area contributed by atoms with Crippen molar-refractivity contribution in [3.8, 4) is 22.3 Å². The molecule has 3 rings (SSSR count). The molecule has 0 amide bonds. The number of benzene rings is 2. The quantitative estimate of drug-likeness (QED) is 0.782. The van der Waals surface area contributed by atoms with Gasteiger partial charge in [0.2, 0.25) is 0 Å². The molecule has 3 aromatic rings. The van der Waals surface area contributed by atoms with E-state index < -0.39 is 5.97 Å². The molecular weight excluding hydrogens is 262 g/mol. The highest BCUT2D eigenvalue weighted by molar-refractivity contribution is 5.88. The molecule has 0 aliphatic carbocycles. The first-order valence-corrected chi connectivity index (χ1v) is 6.58. The third-order valence-electron chi connectivity index (χ3n) is 3.34. The Labute approximate surface area is 122 Å². The number of nitrogens with zero attached hydrogens (tertiary/aromatic N) is 1. The van der Waals surface area contributed by atoms with Crippen molar-refractivity contribution in [2.24, 2.45) is 0 Å². The minimum atomic E-state index is -0.909. The summed E-state index contributed by atoms with van der Waals surface area (Å²) in [6.45, 7) is 0. The van der Waals surface area contributed by atoms with Crippen LogP contribution in [0.3, 0.4) is 0 Å². The Morgan fingerprint density at radius 1 is 0.762 bits per heavy atom. The summed E-state index contributed by atoms with van der Waals surface area (Å²) < 4.78 is 0. The van der Waals surface area contributed by atoms with Crippen molar-refractivity contribution < 1.29 is 9.90 Å². The maximum Gasteiger partial charge on any atom is 0.335 e. The lowest BCUT2D eigenvalue weighted by atomic mass is 10.0. The van der Waals surface area contributed by atoms with Gasteiger partial charge in [-0.25, -0.2) is 4.79 Å². The molecule has 0 spiro atoms. The van der Waals surface area contributed by atoms with Gasteiger partial charge in [-0.05, 0) is 40.5 Å². The summed E-state index contributed by atoms with van der Waals surface area (Å²) in [6, 6.07) is 18.9. The van der Waals surface area contributed by atoms with Crippen LogP contribution in [0.25, 0.3) is 22.3 Å². The Hall–Kier alpha value is -2.94. The van der Waals surface area contributed by atoms with E-state index in [1.165, 1.54) is 0 Å². The van der Waals surface area contributed by atoms with Crippen LogP contribution >= 0.6 is 0 Å². The first kappa shape index (κ1) is 13.1. The molecule has 1 heterocycles. The second-order valence-corrected chi connectivity index (χ2v) is 4.70. The van der Waals surface area contributed by atoms with E-state index in [1.807, 2.05) is 54.7 Å². The van der Waals surface area contributed by atoms with E-state index in [0.717, 1.165) is 22.3 Å². The van der Waals surface area contributed by atoms with E-state index in [0.29, 0.717) is 5.56 Å². The second-order valence-electron chi connectivity index (χ2n) is 4.70. The lowest BCUT2D eigenvalue weighted by molar-refractivity contribution is 0.0697. The Kier molecular flexibility index (Phi) is 3.48. The van der Waals surface area contributed by atoms with E-state index >= 15 is 0 Å². The van der Waals surface area contributed by atoms with E-state index in [4.69, 9.17) is 5.11 Å². The van der Waals surface area contributed by atoms with Gasteiger partial charge in [0.15, 0.2) is 0 Å². The number of hydrogen-bond donors (Lipinski definition) is 1. The summed E-state index contributed by atoms with van der Waals surface area (Å²) in [5.41, 5.74) is 4.53. The molecule has 0 bridgehead atoms. The zero-order valence-corrected chi connectivity index (χ0v) is 11.2. The third-order valence-corrected chi connectivity index (χ3v) is 3.34. The molecule has 0 aliphatic heterocycles. The molecule has 21 heavy (non-hydrogen) atoms. The van der Waals surface area contributed by atoms with E-state index in [9.17, 15) is 4.79 Å². The van der Waals surface area contributed by atoms with Crippen LogP contribution in [0.4, 0.5) is 0 Å². The highest BCUT2D eigenvalue weighted by atomic mass is 16.4. The predicted molar refractivity (Wildman–Crippen MR) is 82.1 cm³/mol. The Balaban J connectivity index is 1.89. The highest BCUT2D eigenvalue weighted by Gasteiger charge is 2.04. The number of aromatic nitrogens is 1. The van der Waals surface area contributed by atoms with Gasteiger partial charge in [0.1, 0.15) is 0 Å². The van der Waals surface area contributed by atoms with Crippen LogP contribution in [0.5, 0.6) is 0 Å². The first-order valence-electron chi connectivity index (χ1n) is 6.58. The smallest absolute Gasteiger partial charge is 0.335 e. The van der Waals surface area contributed by atoms with Gasteiger partial charge in [0.25, 0.3) is 0 Å². The summed E-state index contributed by atoms with van der Waals surface area (Å²) >= 11 is 0. The van der Waals surface area contributed by atoms with Crippen molar-refractivity contribution in [1.29, 1.82) is 0 Å². The Morgan fingerprint density at radius 3 is 1.76 bits per heavy atom. The third kappa shape index (κ3) is 2.82. The molecule has 1 N–H and O–H groups in total. The summed E-state index contributed by atoms with van der Waals surface area (Å²) in [7, 11) is 0. The first-order chi connectivity index (χ1) is 10.2. The van der Waals surface area contributed by atoms with Gasteiger partial charge >= 0.3 is 5.97 Å². The van der Waals surface area contributed by atoms with Crippen molar-refractivity contribution in [3.63, 3.8) is 0 Å². The monoisotopic (exact) mass is 275 g/mol. The van der Waals surface area contributed by atoms with Gasteiger partial charge in [-0.2, -0.15) is 0 Å². The van der Waals surface area contributed by atoms with E-state index in [1.54, 1.807) is 18.3 Å². The predicted octanol–water partition coefficient (Wildman–Crippen LogP) is 4.11. The van der Waals surface area contributed by atoms with Crippen molar-refractivity contribution >= 4 is 5.97 Å². The van der Waals surface area contributed by atoms with E-state index in [-0.39, 0.29) is 0 Å². The van der Waals surface area contributed by atoms with Crippen LogP contribution < -0.4 is 0 Å². The number of carboxylic acid groups (broad SMARTS) is 1. The van der Waals surface area contributed by atoms with Gasteiger partial charge in [0, 0.05) is 12.4 Å². The summed E-state index contributed by atoms with van der Waals surface area (Å²) in [6.07, 6.45) is 3.58. The van der Waals surface area contributed by atoms with Crippen LogP contribution in [0.1, 0.15) is 10.4 Å². The van der Waals surface area contributed by atoms with Crippen LogP contribution in [0, 0.1) is 0 Å². The Morgan fingerprint density at radius 2 is 1.29 bits per heavy atom. The fourth-order valence-electron chi connectivity index (χ4n) is 2.19. The lowest BCUT2D eigenvalue weighted by Gasteiger charge is -2.05. The maximum absolute atomic E-state index is 10.8. The number of carboxylic acids is 1. The van der Waals surface area contributed by atoms with Crippen molar-refractivity contribution in [3.05, 3.63) is 78.6 Å². The van der Waals surface area contributed by atoms with Gasteiger partial charge < -0.3 is 5.11 Å². The zero-order valence-electron chi connectivity index (χ0n) is 11.2. The molecule has 0 unspecified atom stereocenters. The Bertz CT molecular complexity index is 747. The number of hydrogen-bond acceptors (Lipinski definition) is 2. The normalized spacial score (nSPS) is 10.3. The fourth-order valence-corrected chi connectivity index (χ4v) is 2.19. The van der Waals surface area contributed by atoms with Crippen molar-refractivity contribution in [2.75, 3.05) is 0 Å². The molecule has 0 radical (unpaired) electrons. The van der Waals surface area contributed by atoms with Crippen molar-refractivity contribution in [2.45, 2.75) is 0 Å². The largest absolute Gasteiger partial charge is 0.478 e. The summed E-state index contributed by atoms with van der Waals surface area (Å²) in [4.78, 5) is 15.0. The topological polar surface area (TPSA) is 50.2 Å². The summed E-state index contributed by atoms with van der Waals surface area (Å²) in [5.74, 6) is -0.909. The second kappa shape index (κ2) is 5.59. The van der Waals surface area contributed by atoms with Gasteiger partial charge in [-0.3, -0.25) is 4.98 Å². The molecule has 0 atom stereocenters. The zero-order chi connectivity index (χ0) is 14.7. The maximum atomic E-state index is 10.8. The van der Waals surface area contributed by atoms with Gasteiger partial charge in [-0.15, -0.1) is 0 Å². The molecule has 1 aromatic heterocycles. The van der Waals surface area contributed by atoms with Crippen LogP contribution in [0.2, 0.25) is 0 Å². The number of rotatable bonds is 3. The minimum Gasteiger partial charge on any atom is -0.478 e. The lowest BCUT2D eigenvalue weighted by Crippen LogP contribution is -1.94. The van der Waals surface area contributed by atoms with Gasteiger partial charge in [-0.1, -0.05) is 42.5 Å². The summed E-state index contributed by atoms with van der Waals surface area (Å²) in [5, 5.41) is 8.90. The number of pyridine rings is 1. The molecule has 0 saturated heterocycles. The highest BCUT2D eigenvalue weighted by Crippen LogP contribution is 2.24. The molecule has 0 saturated carbocycles. The van der Waals surface area contributed by atoms with Crippen LogP contribution in [0.15, 0.2) is 73.1 Å². The molecule has 102 valence electrons. The van der Waals surface area contributed by atoms with Crippen molar-refractivity contribution in [1.82, 2.24) is 4.98 Å². The number of aromatic carboxylic acids is 1. The minimum absolute atomic E-state index is 0.297. The number of carbonyl (C=O) groups is 1. The molecule has 3 nitrogen and oxygen atoms in total. The van der Waals surface area contributed by atoms with Crippen LogP contribution in [-0.4, -0.2) is 16.1 Å². The van der Waals surface area contributed by atoms with Crippen LogP contribution in [-0.2, 0) is 0 Å². The molecule has 0 fully saturated rings. The standard InChI is InChI=1S/C18H13NO2/c20-18(21)16-9-7-14(8-10-16)13-3-5-15(6-4-13)17-2-1-11-19-12-17/h1-12H,(H,20,21). The molecular formula is C18H13NO2. The van der Waals surface area contributed by atoms with E-state index in [2.05, 4.69) is 4.98 Å². The molecule has 0 aliphatic rings.